The largest absolute Gasteiger partial charge is 0.324 e. The molecule has 0 atom stereocenters. The second-order valence-corrected chi connectivity index (χ2v) is 8.40. The number of halogens is 4. The number of thioether (sulfide) groups is 1. The van der Waals surface area contributed by atoms with Crippen LogP contribution in [0.1, 0.15) is 0 Å². The lowest BCUT2D eigenvalue weighted by Gasteiger charge is -2.10. The van der Waals surface area contributed by atoms with Crippen molar-refractivity contribution in [2.45, 2.75) is 11.7 Å². The summed E-state index contributed by atoms with van der Waals surface area (Å²) in [6.07, 6.45) is 1.73. The number of hydrogen-bond acceptors (Lipinski definition) is 4. The first-order valence-electron chi connectivity index (χ1n) is 8.26. The number of hydrogen-bond donors (Lipinski definition) is 1. The molecule has 0 aliphatic heterocycles. The molecule has 0 bridgehead atoms. The van der Waals surface area contributed by atoms with Crippen LogP contribution < -0.4 is 5.32 Å². The Morgan fingerprint density at radius 2 is 1.86 bits per heavy atom. The van der Waals surface area contributed by atoms with Crippen LogP contribution in [0.5, 0.6) is 0 Å². The molecule has 0 fully saturated rings. The molecule has 3 rings (SSSR count). The average Bonchev–Trinajstić information content (AvgIpc) is 3.07. The highest BCUT2D eigenvalue weighted by atomic mass is 35.5. The third-order valence-corrected chi connectivity index (χ3v) is 5.96. The minimum Gasteiger partial charge on any atom is -0.324 e. The monoisotopic (exact) mass is 486 g/mol. The average molecular weight is 488 g/mol. The van der Waals surface area contributed by atoms with Crippen molar-refractivity contribution in [2.24, 2.45) is 0 Å². The highest BCUT2D eigenvalue weighted by Gasteiger charge is 2.16. The summed E-state index contributed by atoms with van der Waals surface area (Å²) in [4.78, 5) is 12.4. The van der Waals surface area contributed by atoms with Crippen molar-refractivity contribution < 1.29 is 4.79 Å². The van der Waals surface area contributed by atoms with E-state index in [1.807, 2.05) is 16.7 Å². The van der Waals surface area contributed by atoms with E-state index in [4.69, 9.17) is 46.4 Å². The number of nitrogens with zero attached hydrogens (tertiary/aromatic N) is 3. The van der Waals surface area contributed by atoms with E-state index in [1.165, 1.54) is 23.9 Å². The second-order valence-electron chi connectivity index (χ2n) is 5.80. The number of aromatic nitrogens is 3. The molecule has 29 heavy (non-hydrogen) atoms. The predicted octanol–water partition coefficient (Wildman–Crippen LogP) is 6.48. The molecule has 1 N–H and O–H groups in total. The van der Waals surface area contributed by atoms with Crippen molar-refractivity contribution in [2.75, 3.05) is 11.1 Å². The molecule has 0 aliphatic rings. The molecular weight excluding hydrogens is 474 g/mol. The van der Waals surface area contributed by atoms with Crippen LogP contribution in [0.3, 0.4) is 0 Å². The first-order chi connectivity index (χ1) is 13.9. The molecule has 1 amide bonds. The van der Waals surface area contributed by atoms with E-state index in [-0.39, 0.29) is 11.7 Å². The Balaban J connectivity index is 1.74. The summed E-state index contributed by atoms with van der Waals surface area (Å²) < 4.78 is 1.86. The Morgan fingerprint density at radius 3 is 2.59 bits per heavy atom. The van der Waals surface area contributed by atoms with Gasteiger partial charge in [-0.15, -0.1) is 16.8 Å². The fraction of sp³-hybridized carbons (Fsp3) is 0.105. The lowest BCUT2D eigenvalue weighted by Crippen LogP contribution is -2.15. The Bertz CT molecular complexity index is 1070. The summed E-state index contributed by atoms with van der Waals surface area (Å²) in [5, 5.41) is 13.3. The van der Waals surface area contributed by atoms with Crippen molar-refractivity contribution in [3.63, 3.8) is 0 Å². The van der Waals surface area contributed by atoms with Crippen LogP contribution in [0.15, 0.2) is 54.2 Å². The molecule has 1 heterocycles. The third-order valence-electron chi connectivity index (χ3n) is 3.73. The minimum absolute atomic E-state index is 0.0986. The van der Waals surface area contributed by atoms with Crippen LogP contribution in [-0.2, 0) is 11.3 Å². The smallest absolute Gasteiger partial charge is 0.234 e. The summed E-state index contributed by atoms with van der Waals surface area (Å²) in [6.45, 7) is 4.26. The lowest BCUT2D eigenvalue weighted by molar-refractivity contribution is -0.113. The molecule has 0 unspecified atom stereocenters. The molecule has 0 radical (unpaired) electrons. The first kappa shape index (κ1) is 22.0. The van der Waals surface area contributed by atoms with Crippen LogP contribution >= 0.6 is 58.2 Å². The van der Waals surface area contributed by atoms with Gasteiger partial charge in [0.1, 0.15) is 0 Å². The highest BCUT2D eigenvalue weighted by Crippen LogP contribution is 2.32. The summed E-state index contributed by atoms with van der Waals surface area (Å²) in [5.41, 5.74) is 1.21. The van der Waals surface area contributed by atoms with Gasteiger partial charge in [0.2, 0.25) is 5.91 Å². The van der Waals surface area contributed by atoms with Crippen LogP contribution in [-0.4, -0.2) is 26.4 Å². The van der Waals surface area contributed by atoms with E-state index in [0.29, 0.717) is 43.3 Å². The number of carbonyl (C=O) groups excluding carboxylic acids is 1. The summed E-state index contributed by atoms with van der Waals surface area (Å²) >= 11 is 25.3. The van der Waals surface area contributed by atoms with Crippen molar-refractivity contribution in [3.05, 3.63) is 69.1 Å². The fourth-order valence-electron chi connectivity index (χ4n) is 2.47. The van der Waals surface area contributed by atoms with Crippen LogP contribution in [0.25, 0.3) is 11.4 Å². The van der Waals surface area contributed by atoms with Crippen molar-refractivity contribution in [3.8, 4) is 11.4 Å². The number of carbonyl (C=O) groups is 1. The van der Waals surface area contributed by atoms with E-state index in [2.05, 4.69) is 22.1 Å². The van der Waals surface area contributed by atoms with Gasteiger partial charge >= 0.3 is 0 Å². The van der Waals surface area contributed by atoms with Gasteiger partial charge in [-0.1, -0.05) is 76.4 Å². The first-order valence-corrected chi connectivity index (χ1v) is 10.8. The lowest BCUT2D eigenvalue weighted by atomic mass is 10.2. The van der Waals surface area contributed by atoms with Gasteiger partial charge in [-0.05, 0) is 24.3 Å². The predicted molar refractivity (Wildman–Crippen MR) is 121 cm³/mol. The van der Waals surface area contributed by atoms with E-state index < -0.39 is 0 Å². The zero-order chi connectivity index (χ0) is 21.0. The molecule has 0 spiro atoms. The van der Waals surface area contributed by atoms with Gasteiger partial charge in [0.15, 0.2) is 11.0 Å². The minimum atomic E-state index is -0.271. The maximum atomic E-state index is 12.4. The molecule has 150 valence electrons. The zero-order valence-corrected chi connectivity index (χ0v) is 18.7. The Morgan fingerprint density at radius 1 is 1.10 bits per heavy atom. The number of anilines is 1. The van der Waals surface area contributed by atoms with Gasteiger partial charge < -0.3 is 5.32 Å². The number of benzene rings is 2. The molecule has 0 aliphatic carbocycles. The quantitative estimate of drug-likeness (QED) is 0.235. The summed E-state index contributed by atoms with van der Waals surface area (Å²) in [5.74, 6) is 0.470. The Labute approximate surface area is 192 Å². The fourth-order valence-corrected chi connectivity index (χ4v) is 4.00. The van der Waals surface area contributed by atoms with E-state index in [9.17, 15) is 4.79 Å². The molecule has 2 aromatic carbocycles. The number of rotatable bonds is 7. The molecule has 5 nitrogen and oxygen atoms in total. The van der Waals surface area contributed by atoms with Crippen LogP contribution in [0.2, 0.25) is 20.1 Å². The second kappa shape index (κ2) is 9.87. The van der Waals surface area contributed by atoms with Crippen molar-refractivity contribution in [1.82, 2.24) is 14.8 Å². The van der Waals surface area contributed by atoms with Crippen molar-refractivity contribution in [1.29, 1.82) is 0 Å². The van der Waals surface area contributed by atoms with Gasteiger partial charge in [0.05, 0.1) is 26.5 Å². The maximum Gasteiger partial charge on any atom is 0.234 e. The molecule has 1 aromatic heterocycles. The molecule has 3 aromatic rings. The van der Waals surface area contributed by atoms with E-state index in [0.717, 1.165) is 5.56 Å². The molecular formula is C19H14Cl4N4OS. The maximum absolute atomic E-state index is 12.4. The number of nitrogens with one attached hydrogen (secondary N) is 1. The number of allylic oxidation sites excluding steroid dienone is 1. The van der Waals surface area contributed by atoms with Gasteiger partial charge in [0, 0.05) is 17.1 Å². The summed E-state index contributed by atoms with van der Waals surface area (Å²) in [6, 6.07) is 10.3. The zero-order valence-electron chi connectivity index (χ0n) is 14.8. The molecule has 0 saturated heterocycles. The SMILES string of the molecule is C=CCn1c(SCC(=O)Nc2cc(Cl)c(Cl)cc2Cl)nnc1-c1cccc(Cl)c1. The van der Waals surface area contributed by atoms with E-state index >= 15 is 0 Å². The van der Waals surface area contributed by atoms with Gasteiger partial charge in [-0.2, -0.15) is 0 Å². The van der Waals surface area contributed by atoms with Gasteiger partial charge in [-0.3, -0.25) is 9.36 Å². The van der Waals surface area contributed by atoms with Crippen molar-refractivity contribution >= 4 is 69.8 Å². The Hall–Kier alpha value is -1.70. The normalized spacial score (nSPS) is 10.8. The van der Waals surface area contributed by atoms with Gasteiger partial charge in [0.25, 0.3) is 0 Å². The van der Waals surface area contributed by atoms with Crippen LogP contribution in [0.4, 0.5) is 5.69 Å². The molecule has 0 saturated carbocycles. The van der Waals surface area contributed by atoms with E-state index in [1.54, 1.807) is 18.2 Å². The Kier molecular flexibility index (Phi) is 7.49. The van der Waals surface area contributed by atoms with Gasteiger partial charge in [-0.25, -0.2) is 0 Å². The number of amides is 1. The highest BCUT2D eigenvalue weighted by molar-refractivity contribution is 7.99. The van der Waals surface area contributed by atoms with Crippen LogP contribution in [0, 0.1) is 0 Å². The topological polar surface area (TPSA) is 59.8 Å². The molecule has 10 heteroatoms. The standard InChI is InChI=1S/C19H14Cl4N4OS/c1-2-6-27-18(11-4-3-5-12(20)7-11)25-26-19(27)29-10-17(28)24-16-9-14(22)13(21)8-15(16)23/h2-5,7-9H,1,6,10H2,(H,24,28). The third kappa shape index (κ3) is 5.47. The summed E-state index contributed by atoms with van der Waals surface area (Å²) in [7, 11) is 0.